The number of ether oxygens (including phenoxy) is 2. The van der Waals surface area contributed by atoms with Crippen molar-refractivity contribution in [2.75, 3.05) is 13.2 Å². The van der Waals surface area contributed by atoms with E-state index in [1.54, 1.807) is 0 Å². The summed E-state index contributed by atoms with van der Waals surface area (Å²) in [4.78, 5) is 0. The van der Waals surface area contributed by atoms with Crippen molar-refractivity contribution in [2.24, 2.45) is 22.7 Å². The van der Waals surface area contributed by atoms with E-state index in [0.717, 1.165) is 45.3 Å². The van der Waals surface area contributed by atoms with Gasteiger partial charge in [0.05, 0.1) is 19.3 Å². The normalized spacial score (nSPS) is 50.4. The summed E-state index contributed by atoms with van der Waals surface area (Å²) in [7, 11) is 0. The van der Waals surface area contributed by atoms with Crippen LogP contribution in [-0.2, 0) is 9.47 Å². The molecule has 3 nitrogen and oxygen atoms in total. The van der Waals surface area contributed by atoms with Crippen LogP contribution in [0.5, 0.6) is 0 Å². The molecule has 3 fully saturated rings. The Bertz CT molecular complexity index is 493. The van der Waals surface area contributed by atoms with Gasteiger partial charge in [-0.3, -0.25) is 0 Å². The van der Waals surface area contributed by atoms with Crippen molar-refractivity contribution >= 4 is 0 Å². The molecule has 0 aromatic carbocycles. The molecule has 0 bridgehead atoms. The second kappa shape index (κ2) is 4.81. The molecular formula is C19H30O3. The molecule has 3 aliphatic carbocycles. The van der Waals surface area contributed by atoms with Crippen molar-refractivity contribution in [3.63, 3.8) is 0 Å². The van der Waals surface area contributed by atoms with Gasteiger partial charge in [-0.15, -0.1) is 0 Å². The summed E-state index contributed by atoms with van der Waals surface area (Å²) in [6, 6.07) is 0. The van der Waals surface area contributed by atoms with E-state index < -0.39 is 0 Å². The third-order valence-corrected chi connectivity index (χ3v) is 7.61. The Morgan fingerprint density at radius 2 is 1.77 bits per heavy atom. The van der Waals surface area contributed by atoms with E-state index in [9.17, 15) is 5.11 Å². The lowest BCUT2D eigenvalue weighted by Gasteiger charge is -2.61. The molecule has 0 aromatic heterocycles. The summed E-state index contributed by atoms with van der Waals surface area (Å²) in [6.45, 7) is 8.55. The summed E-state index contributed by atoms with van der Waals surface area (Å²) in [6.07, 6.45) is 8.63. The van der Waals surface area contributed by atoms with Crippen LogP contribution in [0.2, 0.25) is 0 Å². The predicted molar refractivity (Wildman–Crippen MR) is 85.3 cm³/mol. The van der Waals surface area contributed by atoms with Crippen molar-refractivity contribution < 1.29 is 14.6 Å². The van der Waals surface area contributed by atoms with Crippen LogP contribution in [0.25, 0.3) is 0 Å². The fourth-order valence-electron chi connectivity index (χ4n) is 6.24. The topological polar surface area (TPSA) is 38.7 Å². The average molecular weight is 306 g/mol. The maximum absolute atomic E-state index is 10.6. The van der Waals surface area contributed by atoms with E-state index >= 15 is 0 Å². The summed E-state index contributed by atoms with van der Waals surface area (Å²) >= 11 is 0. The van der Waals surface area contributed by atoms with Crippen molar-refractivity contribution in [1.29, 1.82) is 0 Å². The Morgan fingerprint density at radius 3 is 2.50 bits per heavy atom. The van der Waals surface area contributed by atoms with Gasteiger partial charge in [0.15, 0.2) is 5.79 Å². The number of aliphatic hydroxyl groups is 1. The third kappa shape index (κ3) is 1.79. The quantitative estimate of drug-likeness (QED) is 0.694. The first-order valence-corrected chi connectivity index (χ1v) is 9.09. The van der Waals surface area contributed by atoms with Crippen molar-refractivity contribution in [3.05, 3.63) is 11.6 Å². The van der Waals surface area contributed by atoms with Crippen LogP contribution in [0.3, 0.4) is 0 Å². The minimum Gasteiger partial charge on any atom is -0.392 e. The van der Waals surface area contributed by atoms with Gasteiger partial charge in [-0.25, -0.2) is 0 Å². The molecule has 5 atom stereocenters. The first-order valence-electron chi connectivity index (χ1n) is 9.09. The lowest BCUT2D eigenvalue weighted by atomic mass is 9.46. The molecule has 1 spiro atoms. The van der Waals surface area contributed by atoms with Crippen LogP contribution >= 0.6 is 0 Å². The van der Waals surface area contributed by atoms with Gasteiger partial charge in [-0.1, -0.05) is 32.4 Å². The molecule has 4 aliphatic rings. The Morgan fingerprint density at radius 1 is 1.05 bits per heavy atom. The first kappa shape index (κ1) is 15.2. The molecule has 1 heterocycles. The Labute approximate surface area is 134 Å². The zero-order chi connectivity index (χ0) is 15.6. The molecule has 2 saturated carbocycles. The van der Waals surface area contributed by atoms with E-state index in [-0.39, 0.29) is 22.7 Å². The van der Waals surface area contributed by atoms with Crippen molar-refractivity contribution in [1.82, 2.24) is 0 Å². The standard InChI is InChI=1S/C19H30O3/c1-13-14-7-8-18(3)15(5-4-6-16(18)20)17(14,2)9-10-19(13)21-11-12-22-19/h5,13-14,16,20H,4,6-12H2,1-3H3/t13-,14?,16-,17?,18?/m1/s1. The SMILES string of the molecule is C[C@@H]1C2CCC3(C)C(=CCC[C@H]3O)C2(C)CCC12OCCO2. The summed E-state index contributed by atoms with van der Waals surface area (Å²) < 4.78 is 12.2. The van der Waals surface area contributed by atoms with Gasteiger partial charge in [0.25, 0.3) is 0 Å². The summed E-state index contributed by atoms with van der Waals surface area (Å²) in [5.74, 6) is 0.702. The Hall–Kier alpha value is -0.380. The van der Waals surface area contributed by atoms with Gasteiger partial charge < -0.3 is 14.6 Å². The number of fused-ring (bicyclic) bond motifs is 3. The molecule has 3 unspecified atom stereocenters. The Kier molecular flexibility index (Phi) is 3.32. The summed E-state index contributed by atoms with van der Waals surface area (Å²) in [5.41, 5.74) is 1.73. The molecule has 1 N–H and O–H groups in total. The second-order valence-electron chi connectivity index (χ2n) is 8.49. The zero-order valence-corrected chi connectivity index (χ0v) is 14.2. The van der Waals surface area contributed by atoms with Crippen LogP contribution in [0.4, 0.5) is 0 Å². The van der Waals surface area contributed by atoms with Gasteiger partial charge >= 0.3 is 0 Å². The molecule has 124 valence electrons. The maximum atomic E-state index is 10.6. The van der Waals surface area contributed by atoms with Gasteiger partial charge in [-0.2, -0.15) is 0 Å². The number of hydrogen-bond donors (Lipinski definition) is 1. The van der Waals surface area contributed by atoms with Crippen LogP contribution in [0.15, 0.2) is 11.6 Å². The molecule has 3 heteroatoms. The van der Waals surface area contributed by atoms with Crippen molar-refractivity contribution in [2.45, 2.75) is 71.2 Å². The van der Waals surface area contributed by atoms with Crippen LogP contribution in [0, 0.1) is 22.7 Å². The number of aliphatic hydroxyl groups excluding tert-OH is 1. The largest absolute Gasteiger partial charge is 0.392 e. The minimum absolute atomic E-state index is 0.00882. The smallest absolute Gasteiger partial charge is 0.171 e. The highest BCUT2D eigenvalue weighted by Gasteiger charge is 2.61. The Balaban J connectivity index is 1.71. The van der Waals surface area contributed by atoms with E-state index in [1.165, 1.54) is 12.0 Å². The average Bonchev–Trinajstić information content (AvgIpc) is 2.96. The minimum atomic E-state index is -0.328. The zero-order valence-electron chi connectivity index (χ0n) is 14.2. The molecular weight excluding hydrogens is 276 g/mol. The van der Waals surface area contributed by atoms with Gasteiger partial charge in [0, 0.05) is 17.8 Å². The fourth-order valence-corrected chi connectivity index (χ4v) is 6.24. The second-order valence-corrected chi connectivity index (χ2v) is 8.49. The van der Waals surface area contributed by atoms with Crippen LogP contribution in [0.1, 0.15) is 59.3 Å². The molecule has 1 saturated heterocycles. The summed E-state index contributed by atoms with van der Waals surface area (Å²) in [5, 5.41) is 10.6. The molecule has 22 heavy (non-hydrogen) atoms. The number of allylic oxidation sites excluding steroid dienone is 1. The highest BCUT2D eigenvalue weighted by atomic mass is 16.7. The van der Waals surface area contributed by atoms with E-state index in [2.05, 4.69) is 26.8 Å². The predicted octanol–water partition coefficient (Wildman–Crippen LogP) is 3.66. The fraction of sp³-hybridized carbons (Fsp3) is 0.895. The monoisotopic (exact) mass is 306 g/mol. The molecule has 4 rings (SSSR count). The van der Waals surface area contributed by atoms with E-state index in [1.807, 2.05) is 0 Å². The van der Waals surface area contributed by atoms with Gasteiger partial charge in [-0.05, 0) is 43.4 Å². The van der Waals surface area contributed by atoms with Crippen molar-refractivity contribution in [3.8, 4) is 0 Å². The molecule has 0 amide bonds. The van der Waals surface area contributed by atoms with Crippen LogP contribution in [-0.4, -0.2) is 30.2 Å². The highest BCUT2D eigenvalue weighted by Crippen LogP contribution is 2.65. The third-order valence-electron chi connectivity index (χ3n) is 7.61. The number of rotatable bonds is 0. The van der Waals surface area contributed by atoms with E-state index in [4.69, 9.17) is 9.47 Å². The number of hydrogen-bond acceptors (Lipinski definition) is 3. The van der Waals surface area contributed by atoms with E-state index in [0.29, 0.717) is 11.8 Å². The lowest BCUT2D eigenvalue weighted by molar-refractivity contribution is -0.245. The van der Waals surface area contributed by atoms with Gasteiger partial charge in [0.2, 0.25) is 0 Å². The highest BCUT2D eigenvalue weighted by molar-refractivity contribution is 5.31. The van der Waals surface area contributed by atoms with Gasteiger partial charge in [0.1, 0.15) is 0 Å². The maximum Gasteiger partial charge on any atom is 0.171 e. The molecule has 0 radical (unpaired) electrons. The first-order chi connectivity index (χ1) is 10.4. The van der Waals surface area contributed by atoms with Crippen LogP contribution < -0.4 is 0 Å². The lowest BCUT2D eigenvalue weighted by Crippen LogP contribution is -2.58. The molecule has 1 aliphatic heterocycles. The molecule has 0 aromatic rings.